The number of hydrogen-bond acceptors (Lipinski definition) is 4. The predicted octanol–water partition coefficient (Wildman–Crippen LogP) is 2.66. The van der Waals surface area contributed by atoms with Crippen molar-refractivity contribution in [2.75, 3.05) is 23.7 Å². The molecule has 0 aliphatic heterocycles. The van der Waals surface area contributed by atoms with Gasteiger partial charge in [0.05, 0.1) is 0 Å². The Bertz CT molecular complexity index is 945. The molecule has 0 radical (unpaired) electrons. The Kier molecular flexibility index (Phi) is 6.98. The number of carbonyl (C=O) groups excluding carboxylic acids is 2. The molecule has 8 nitrogen and oxygen atoms in total. The van der Waals surface area contributed by atoms with Crippen LogP contribution in [0.1, 0.15) is 37.7 Å². The SMILES string of the molecule is CCC(=O)Nc1ccc(NC(=O)c2cc(S(=O)(=O)N(CC)CC)cn2C)cc1. The predicted molar refractivity (Wildman–Crippen MR) is 109 cm³/mol. The van der Waals surface area contributed by atoms with Gasteiger partial charge in [0.2, 0.25) is 15.9 Å². The van der Waals surface area contributed by atoms with Crippen LogP contribution in [0.3, 0.4) is 0 Å². The van der Waals surface area contributed by atoms with E-state index in [0.29, 0.717) is 30.9 Å². The molecule has 152 valence electrons. The van der Waals surface area contributed by atoms with Crippen molar-refractivity contribution in [2.24, 2.45) is 7.05 Å². The summed E-state index contributed by atoms with van der Waals surface area (Å²) in [6.07, 6.45) is 1.82. The van der Waals surface area contributed by atoms with Crippen LogP contribution >= 0.6 is 0 Å². The summed E-state index contributed by atoms with van der Waals surface area (Å²) in [6.45, 7) is 6.01. The quantitative estimate of drug-likeness (QED) is 0.704. The highest BCUT2D eigenvalue weighted by Crippen LogP contribution is 2.20. The van der Waals surface area contributed by atoms with Gasteiger partial charge in [-0.05, 0) is 30.3 Å². The molecular weight excluding hydrogens is 380 g/mol. The molecule has 1 aromatic carbocycles. The maximum Gasteiger partial charge on any atom is 0.272 e. The molecule has 2 amide bonds. The highest BCUT2D eigenvalue weighted by molar-refractivity contribution is 7.89. The van der Waals surface area contributed by atoms with Gasteiger partial charge in [0, 0.05) is 44.1 Å². The van der Waals surface area contributed by atoms with Crippen molar-refractivity contribution in [3.63, 3.8) is 0 Å². The molecule has 0 saturated heterocycles. The molecule has 2 aromatic rings. The summed E-state index contributed by atoms with van der Waals surface area (Å²) in [5, 5.41) is 5.46. The van der Waals surface area contributed by atoms with Crippen molar-refractivity contribution < 1.29 is 18.0 Å². The molecular formula is C19H26N4O4S. The molecule has 1 heterocycles. The largest absolute Gasteiger partial charge is 0.345 e. The number of hydrogen-bond donors (Lipinski definition) is 2. The number of benzene rings is 1. The van der Waals surface area contributed by atoms with Gasteiger partial charge in [-0.25, -0.2) is 8.42 Å². The Balaban J connectivity index is 2.17. The Morgan fingerprint density at radius 2 is 1.54 bits per heavy atom. The molecule has 1 aromatic heterocycles. The molecule has 0 aliphatic carbocycles. The highest BCUT2D eigenvalue weighted by Gasteiger charge is 2.25. The highest BCUT2D eigenvalue weighted by atomic mass is 32.2. The van der Waals surface area contributed by atoms with Crippen LogP contribution in [-0.4, -0.2) is 42.2 Å². The Hall–Kier alpha value is -2.65. The Morgan fingerprint density at radius 1 is 1.00 bits per heavy atom. The zero-order valence-electron chi connectivity index (χ0n) is 16.5. The second-order valence-electron chi connectivity index (χ2n) is 6.19. The fraction of sp³-hybridized carbons (Fsp3) is 0.368. The van der Waals surface area contributed by atoms with Crippen LogP contribution in [-0.2, 0) is 21.9 Å². The van der Waals surface area contributed by atoms with Gasteiger partial charge in [-0.15, -0.1) is 0 Å². The first-order valence-corrected chi connectivity index (χ1v) is 10.5. The molecule has 0 fully saturated rings. The zero-order valence-corrected chi connectivity index (χ0v) is 17.3. The van der Waals surface area contributed by atoms with E-state index >= 15 is 0 Å². The summed E-state index contributed by atoms with van der Waals surface area (Å²) in [5.41, 5.74) is 1.40. The average Bonchev–Trinajstić information content (AvgIpc) is 3.06. The van der Waals surface area contributed by atoms with Crippen molar-refractivity contribution in [1.82, 2.24) is 8.87 Å². The lowest BCUT2D eigenvalue weighted by Crippen LogP contribution is -2.30. The first-order valence-electron chi connectivity index (χ1n) is 9.10. The average molecular weight is 407 g/mol. The molecule has 28 heavy (non-hydrogen) atoms. The third-order valence-corrected chi connectivity index (χ3v) is 6.32. The second-order valence-corrected chi connectivity index (χ2v) is 8.13. The van der Waals surface area contributed by atoms with Crippen LogP contribution in [0.4, 0.5) is 11.4 Å². The number of sulfonamides is 1. The summed E-state index contributed by atoms with van der Waals surface area (Å²) < 4.78 is 28.1. The zero-order chi connectivity index (χ0) is 20.9. The fourth-order valence-corrected chi connectivity index (χ4v) is 4.22. The van der Waals surface area contributed by atoms with E-state index in [1.54, 1.807) is 52.1 Å². The van der Waals surface area contributed by atoms with Crippen molar-refractivity contribution in [3.8, 4) is 0 Å². The molecule has 2 N–H and O–H groups in total. The molecule has 0 spiro atoms. The van der Waals surface area contributed by atoms with Crippen molar-refractivity contribution >= 4 is 33.2 Å². The molecule has 0 bridgehead atoms. The van der Waals surface area contributed by atoms with Gasteiger partial charge in [-0.3, -0.25) is 9.59 Å². The summed E-state index contributed by atoms with van der Waals surface area (Å²) in [6, 6.07) is 8.08. The van der Waals surface area contributed by atoms with Gasteiger partial charge in [-0.2, -0.15) is 4.31 Å². The van der Waals surface area contributed by atoms with Crippen LogP contribution in [0, 0.1) is 0 Å². The van der Waals surface area contributed by atoms with Crippen LogP contribution in [0.2, 0.25) is 0 Å². The van der Waals surface area contributed by atoms with E-state index in [9.17, 15) is 18.0 Å². The lowest BCUT2D eigenvalue weighted by atomic mass is 10.2. The van der Waals surface area contributed by atoms with Gasteiger partial charge in [0.25, 0.3) is 5.91 Å². The molecule has 0 atom stereocenters. The molecule has 9 heteroatoms. The first kappa shape index (κ1) is 21.6. The third kappa shape index (κ3) is 4.79. The van der Waals surface area contributed by atoms with E-state index in [1.165, 1.54) is 21.1 Å². The smallest absolute Gasteiger partial charge is 0.272 e. The van der Waals surface area contributed by atoms with E-state index < -0.39 is 15.9 Å². The van der Waals surface area contributed by atoms with E-state index in [1.807, 2.05) is 0 Å². The number of aryl methyl sites for hydroxylation is 1. The second kappa shape index (κ2) is 9.03. The normalized spacial score (nSPS) is 11.5. The number of carbonyl (C=O) groups is 2. The van der Waals surface area contributed by atoms with Crippen molar-refractivity contribution in [3.05, 3.63) is 42.2 Å². The first-order chi connectivity index (χ1) is 13.2. The van der Waals surface area contributed by atoms with Crippen molar-refractivity contribution in [1.29, 1.82) is 0 Å². The fourth-order valence-electron chi connectivity index (χ4n) is 2.70. The van der Waals surface area contributed by atoms with Crippen molar-refractivity contribution in [2.45, 2.75) is 32.1 Å². The maximum atomic E-state index is 12.6. The van der Waals surface area contributed by atoms with Crippen LogP contribution in [0.15, 0.2) is 41.4 Å². The lowest BCUT2D eigenvalue weighted by molar-refractivity contribution is -0.115. The standard InChI is InChI=1S/C19H26N4O4S/c1-5-18(24)20-14-8-10-15(11-9-14)21-19(25)17-12-16(13-22(17)4)28(26,27)23(6-2)7-3/h8-13H,5-7H2,1-4H3,(H,20,24)(H,21,25). The topological polar surface area (TPSA) is 101 Å². The van der Waals surface area contributed by atoms with E-state index in [-0.39, 0.29) is 16.5 Å². The number of nitrogens with one attached hydrogen (secondary N) is 2. The summed E-state index contributed by atoms with van der Waals surface area (Å²) >= 11 is 0. The number of aromatic nitrogens is 1. The Morgan fingerprint density at radius 3 is 2.04 bits per heavy atom. The maximum absolute atomic E-state index is 12.6. The molecule has 0 aliphatic rings. The van der Waals surface area contributed by atoms with Gasteiger partial charge in [0.1, 0.15) is 10.6 Å². The minimum absolute atomic E-state index is 0.0847. The summed E-state index contributed by atoms with van der Waals surface area (Å²) in [4.78, 5) is 24.1. The van der Waals surface area contributed by atoms with Gasteiger partial charge in [0.15, 0.2) is 0 Å². The van der Waals surface area contributed by atoms with Gasteiger partial charge < -0.3 is 15.2 Å². The molecule has 0 unspecified atom stereocenters. The minimum Gasteiger partial charge on any atom is -0.345 e. The molecule has 0 saturated carbocycles. The van der Waals surface area contributed by atoms with Crippen LogP contribution < -0.4 is 10.6 Å². The third-order valence-electron chi connectivity index (χ3n) is 4.30. The van der Waals surface area contributed by atoms with E-state index in [4.69, 9.17) is 0 Å². The number of rotatable bonds is 8. The summed E-state index contributed by atoms with van der Waals surface area (Å²) in [7, 11) is -2.01. The lowest BCUT2D eigenvalue weighted by Gasteiger charge is -2.17. The summed E-state index contributed by atoms with van der Waals surface area (Å²) in [5.74, 6) is -0.517. The van der Waals surface area contributed by atoms with Gasteiger partial charge >= 0.3 is 0 Å². The number of nitrogens with zero attached hydrogens (tertiary/aromatic N) is 2. The van der Waals surface area contributed by atoms with Crippen LogP contribution in [0.5, 0.6) is 0 Å². The minimum atomic E-state index is -3.64. The van der Waals surface area contributed by atoms with Gasteiger partial charge in [-0.1, -0.05) is 20.8 Å². The number of amides is 2. The molecule has 2 rings (SSSR count). The van der Waals surface area contributed by atoms with E-state index in [2.05, 4.69) is 10.6 Å². The number of anilines is 2. The van der Waals surface area contributed by atoms with E-state index in [0.717, 1.165) is 0 Å². The Labute approximate surface area is 165 Å². The van der Waals surface area contributed by atoms with Crippen LogP contribution in [0.25, 0.3) is 0 Å². The monoisotopic (exact) mass is 406 g/mol.